The predicted octanol–water partition coefficient (Wildman–Crippen LogP) is 2.37. The molecule has 0 unspecified atom stereocenters. The number of carbonyl (C=O) groups excluding carboxylic acids is 2. The van der Waals surface area contributed by atoms with E-state index in [9.17, 15) is 18.0 Å². The molecule has 2 aliphatic rings. The molecule has 2 aromatic rings. The van der Waals surface area contributed by atoms with Gasteiger partial charge < -0.3 is 11.1 Å². The molecule has 1 fully saturated rings. The smallest absolute Gasteiger partial charge is 0.251 e. The molecule has 32 heavy (non-hydrogen) atoms. The minimum absolute atomic E-state index is 0.178. The zero-order chi connectivity index (χ0) is 22.9. The number of piperidine rings is 1. The van der Waals surface area contributed by atoms with Crippen molar-refractivity contribution in [3.8, 4) is 0 Å². The Bertz CT molecular complexity index is 1120. The summed E-state index contributed by atoms with van der Waals surface area (Å²) in [5.41, 5.74) is 6.98. The van der Waals surface area contributed by atoms with Crippen molar-refractivity contribution in [3.05, 3.63) is 45.3 Å². The number of fused-ring (bicyclic) bond motifs is 1. The van der Waals surface area contributed by atoms with Crippen molar-refractivity contribution < 1.29 is 18.0 Å². The normalized spacial score (nSPS) is 17.3. The summed E-state index contributed by atoms with van der Waals surface area (Å²) in [6.07, 6.45) is 3.93. The minimum Gasteiger partial charge on any atom is -0.365 e. The Morgan fingerprint density at radius 2 is 1.84 bits per heavy atom. The molecule has 11 heteroatoms. The van der Waals surface area contributed by atoms with Crippen LogP contribution in [0.2, 0.25) is 5.02 Å². The average Bonchev–Trinajstić information content (AvgIpc) is 3.30. The number of nitrogens with one attached hydrogen (secondary N) is 2. The Morgan fingerprint density at radius 3 is 2.50 bits per heavy atom. The SMILES string of the molecule is NC(=O)c1c(NC(=O)CN2CCC(NS(=O)(=O)c3ccc(Cl)cc3)CC2)sc2c1CCC2. The van der Waals surface area contributed by atoms with Crippen LogP contribution in [0.4, 0.5) is 5.00 Å². The molecule has 0 bridgehead atoms. The number of sulfonamides is 1. The number of thiophene rings is 1. The first-order chi connectivity index (χ1) is 15.2. The number of aryl methyl sites for hydroxylation is 1. The van der Waals surface area contributed by atoms with Crippen LogP contribution >= 0.6 is 22.9 Å². The number of hydrogen-bond acceptors (Lipinski definition) is 6. The van der Waals surface area contributed by atoms with Gasteiger partial charge in [-0.1, -0.05) is 11.6 Å². The lowest BCUT2D eigenvalue weighted by molar-refractivity contribution is -0.117. The molecule has 4 rings (SSSR count). The van der Waals surface area contributed by atoms with Gasteiger partial charge in [0, 0.05) is 29.0 Å². The second-order valence-electron chi connectivity index (χ2n) is 8.10. The highest BCUT2D eigenvalue weighted by atomic mass is 35.5. The van der Waals surface area contributed by atoms with Crippen molar-refractivity contribution in [1.82, 2.24) is 9.62 Å². The van der Waals surface area contributed by atoms with Crippen LogP contribution in [0.15, 0.2) is 29.2 Å². The molecule has 0 spiro atoms. The molecule has 1 saturated heterocycles. The second-order valence-corrected chi connectivity index (χ2v) is 11.4. The van der Waals surface area contributed by atoms with E-state index in [1.807, 2.05) is 4.90 Å². The summed E-state index contributed by atoms with van der Waals surface area (Å²) in [6.45, 7) is 1.35. The molecule has 0 saturated carbocycles. The molecule has 4 N–H and O–H groups in total. The summed E-state index contributed by atoms with van der Waals surface area (Å²) in [4.78, 5) is 27.8. The third kappa shape index (κ3) is 5.15. The maximum Gasteiger partial charge on any atom is 0.251 e. The number of halogens is 1. The second kappa shape index (κ2) is 9.48. The predicted molar refractivity (Wildman–Crippen MR) is 125 cm³/mol. The van der Waals surface area contributed by atoms with Crippen molar-refractivity contribution in [2.75, 3.05) is 25.0 Å². The van der Waals surface area contributed by atoms with E-state index in [2.05, 4.69) is 10.0 Å². The molecule has 1 aliphatic heterocycles. The maximum absolute atomic E-state index is 12.6. The molecule has 8 nitrogen and oxygen atoms in total. The first-order valence-electron chi connectivity index (χ1n) is 10.5. The summed E-state index contributed by atoms with van der Waals surface area (Å²) in [5.74, 6) is -0.707. The maximum atomic E-state index is 12.6. The van der Waals surface area contributed by atoms with E-state index < -0.39 is 15.9 Å². The van der Waals surface area contributed by atoms with E-state index in [4.69, 9.17) is 17.3 Å². The van der Waals surface area contributed by atoms with Gasteiger partial charge in [-0.15, -0.1) is 11.3 Å². The topological polar surface area (TPSA) is 122 Å². The molecule has 0 atom stereocenters. The minimum atomic E-state index is -3.62. The monoisotopic (exact) mass is 496 g/mol. The fraction of sp³-hybridized carbons (Fsp3) is 0.429. The van der Waals surface area contributed by atoms with Crippen LogP contribution < -0.4 is 15.8 Å². The van der Waals surface area contributed by atoms with E-state index in [0.29, 0.717) is 41.5 Å². The fourth-order valence-corrected chi connectivity index (χ4v) is 6.97. The number of amides is 2. The third-order valence-electron chi connectivity index (χ3n) is 5.82. The first-order valence-corrected chi connectivity index (χ1v) is 13.1. The van der Waals surface area contributed by atoms with Crippen LogP contribution in [0.1, 0.15) is 40.1 Å². The van der Waals surface area contributed by atoms with Crippen molar-refractivity contribution in [3.63, 3.8) is 0 Å². The van der Waals surface area contributed by atoms with Gasteiger partial charge >= 0.3 is 0 Å². The Labute approximate surface area is 196 Å². The summed E-state index contributed by atoms with van der Waals surface area (Å²) in [6, 6.07) is 5.85. The molecule has 1 aromatic carbocycles. The van der Waals surface area contributed by atoms with Crippen LogP contribution in [-0.2, 0) is 27.7 Å². The standard InChI is InChI=1S/C21H25ClN4O4S2/c22-13-4-6-15(7-5-13)32(29,30)25-14-8-10-26(11-9-14)12-18(27)24-21-19(20(23)28)16-2-1-3-17(16)31-21/h4-7,14,25H,1-3,8-12H2,(H2,23,28)(H,24,27). The van der Waals surface area contributed by atoms with Crippen molar-refractivity contribution in [2.45, 2.75) is 43.0 Å². The third-order valence-corrected chi connectivity index (χ3v) is 8.82. The van der Waals surface area contributed by atoms with E-state index >= 15 is 0 Å². The lowest BCUT2D eigenvalue weighted by Gasteiger charge is -2.31. The number of benzene rings is 1. The van der Waals surface area contributed by atoms with Gasteiger partial charge in [-0.25, -0.2) is 13.1 Å². The van der Waals surface area contributed by atoms with Gasteiger partial charge in [-0.2, -0.15) is 0 Å². The Kier molecular flexibility index (Phi) is 6.87. The highest BCUT2D eigenvalue weighted by Crippen LogP contribution is 2.38. The molecule has 2 amide bonds. The quantitative estimate of drug-likeness (QED) is 0.543. The molecule has 0 radical (unpaired) electrons. The first kappa shape index (κ1) is 23.2. The Hall–Kier alpha value is -1.98. The zero-order valence-electron chi connectivity index (χ0n) is 17.4. The number of primary amides is 1. The average molecular weight is 497 g/mol. The van der Waals surface area contributed by atoms with Crippen molar-refractivity contribution in [2.24, 2.45) is 5.73 Å². The molecule has 172 valence electrons. The molecule has 1 aliphatic carbocycles. The van der Waals surface area contributed by atoms with Gasteiger partial charge in [0.2, 0.25) is 15.9 Å². The molecular formula is C21H25ClN4O4S2. The van der Waals surface area contributed by atoms with Gasteiger partial charge in [-0.05, 0) is 61.9 Å². The highest BCUT2D eigenvalue weighted by molar-refractivity contribution is 7.89. The highest BCUT2D eigenvalue weighted by Gasteiger charge is 2.28. The number of likely N-dealkylation sites (tertiary alicyclic amines) is 1. The van der Waals surface area contributed by atoms with E-state index in [1.54, 1.807) is 12.1 Å². The van der Waals surface area contributed by atoms with E-state index in [1.165, 1.54) is 23.5 Å². The van der Waals surface area contributed by atoms with Gasteiger partial charge in [0.15, 0.2) is 0 Å². The van der Waals surface area contributed by atoms with Crippen LogP contribution in [0.5, 0.6) is 0 Å². The number of rotatable bonds is 7. The summed E-state index contributed by atoms with van der Waals surface area (Å²) < 4.78 is 27.8. The van der Waals surface area contributed by atoms with E-state index in [-0.39, 0.29) is 23.4 Å². The molecule has 1 aromatic heterocycles. The number of nitrogens with zero attached hydrogens (tertiary/aromatic N) is 1. The Balaban J connectivity index is 1.29. The van der Waals surface area contributed by atoms with Gasteiger partial charge in [-0.3, -0.25) is 14.5 Å². The number of nitrogens with two attached hydrogens (primary N) is 1. The number of hydrogen-bond donors (Lipinski definition) is 3. The summed E-state index contributed by atoms with van der Waals surface area (Å²) >= 11 is 7.27. The number of anilines is 1. The lowest BCUT2D eigenvalue weighted by atomic mass is 10.1. The Morgan fingerprint density at radius 1 is 1.16 bits per heavy atom. The van der Waals surface area contributed by atoms with Crippen molar-refractivity contribution in [1.29, 1.82) is 0 Å². The van der Waals surface area contributed by atoms with Crippen LogP contribution in [0.25, 0.3) is 0 Å². The van der Waals surface area contributed by atoms with E-state index in [0.717, 1.165) is 29.7 Å². The van der Waals surface area contributed by atoms with Crippen LogP contribution in [0.3, 0.4) is 0 Å². The lowest BCUT2D eigenvalue weighted by Crippen LogP contribution is -2.46. The fourth-order valence-electron chi connectivity index (χ4n) is 4.23. The van der Waals surface area contributed by atoms with Crippen LogP contribution in [0, 0.1) is 0 Å². The summed E-state index contributed by atoms with van der Waals surface area (Å²) in [7, 11) is -3.62. The summed E-state index contributed by atoms with van der Waals surface area (Å²) in [5, 5.41) is 3.88. The van der Waals surface area contributed by atoms with Gasteiger partial charge in [0.05, 0.1) is 17.0 Å². The largest absolute Gasteiger partial charge is 0.365 e. The molecular weight excluding hydrogens is 472 g/mol. The van der Waals surface area contributed by atoms with Crippen LogP contribution in [-0.4, -0.2) is 50.8 Å². The van der Waals surface area contributed by atoms with Gasteiger partial charge in [0.25, 0.3) is 5.91 Å². The molecule has 2 heterocycles. The number of carbonyl (C=O) groups is 2. The van der Waals surface area contributed by atoms with Crippen molar-refractivity contribution >= 4 is 49.8 Å². The zero-order valence-corrected chi connectivity index (χ0v) is 19.8. The van der Waals surface area contributed by atoms with Gasteiger partial charge in [0.1, 0.15) is 5.00 Å².